The Bertz CT molecular complexity index is 414. The van der Waals surface area contributed by atoms with E-state index in [1.54, 1.807) is 6.20 Å². The van der Waals surface area contributed by atoms with Gasteiger partial charge < -0.3 is 15.1 Å². The molecule has 0 radical (unpaired) electrons. The standard InChI is InChI=1S/C13H21N3O2.ClH/c1-3-10-8-14-11(18-10)9-15-12(17)13(4-2)6-5-7-16-13;/h8,16H,3-7,9H2,1-2H3,(H,15,17);1H. The van der Waals surface area contributed by atoms with Crippen molar-refractivity contribution in [3.05, 3.63) is 17.8 Å². The van der Waals surface area contributed by atoms with Crippen molar-refractivity contribution < 1.29 is 9.21 Å². The second-order valence-corrected chi connectivity index (χ2v) is 4.72. The second-order valence-electron chi connectivity index (χ2n) is 4.72. The van der Waals surface area contributed by atoms with Gasteiger partial charge in [0.05, 0.1) is 18.3 Å². The fourth-order valence-corrected chi connectivity index (χ4v) is 2.38. The normalized spacial score (nSPS) is 22.0. The van der Waals surface area contributed by atoms with E-state index in [0.717, 1.165) is 38.0 Å². The van der Waals surface area contributed by atoms with Gasteiger partial charge in [-0.3, -0.25) is 4.79 Å². The molecule has 1 atom stereocenters. The van der Waals surface area contributed by atoms with Crippen molar-refractivity contribution >= 4 is 18.3 Å². The van der Waals surface area contributed by atoms with Crippen molar-refractivity contribution in [2.45, 2.75) is 51.6 Å². The molecule has 5 nitrogen and oxygen atoms in total. The third-order valence-corrected chi connectivity index (χ3v) is 3.63. The topological polar surface area (TPSA) is 67.2 Å². The number of hydrogen-bond donors (Lipinski definition) is 2. The van der Waals surface area contributed by atoms with E-state index in [1.165, 1.54) is 0 Å². The zero-order chi connectivity index (χ0) is 13.0. The van der Waals surface area contributed by atoms with Crippen LogP contribution in [0, 0.1) is 0 Å². The first-order chi connectivity index (χ1) is 8.70. The number of amides is 1. The van der Waals surface area contributed by atoms with E-state index in [-0.39, 0.29) is 23.9 Å². The maximum absolute atomic E-state index is 12.2. The average molecular weight is 288 g/mol. The van der Waals surface area contributed by atoms with Gasteiger partial charge in [-0.05, 0) is 25.8 Å². The highest BCUT2D eigenvalue weighted by molar-refractivity contribution is 5.86. The van der Waals surface area contributed by atoms with Crippen LogP contribution in [0.15, 0.2) is 10.6 Å². The molecule has 0 aliphatic carbocycles. The Labute approximate surface area is 120 Å². The molecule has 1 aromatic rings. The van der Waals surface area contributed by atoms with Crippen LogP contribution in [0.5, 0.6) is 0 Å². The van der Waals surface area contributed by atoms with Crippen LogP contribution in [0.3, 0.4) is 0 Å². The maximum Gasteiger partial charge on any atom is 0.240 e. The number of hydrogen-bond acceptors (Lipinski definition) is 4. The van der Waals surface area contributed by atoms with Gasteiger partial charge in [0.1, 0.15) is 5.76 Å². The minimum atomic E-state index is -0.389. The van der Waals surface area contributed by atoms with Crippen molar-refractivity contribution in [2.75, 3.05) is 6.54 Å². The highest BCUT2D eigenvalue weighted by Gasteiger charge is 2.38. The molecule has 2 N–H and O–H groups in total. The van der Waals surface area contributed by atoms with Crippen molar-refractivity contribution in [2.24, 2.45) is 0 Å². The number of carbonyl (C=O) groups is 1. The lowest BCUT2D eigenvalue weighted by Crippen LogP contribution is -2.52. The first-order valence-corrected chi connectivity index (χ1v) is 6.67. The smallest absolute Gasteiger partial charge is 0.240 e. The number of carbonyl (C=O) groups excluding carboxylic acids is 1. The van der Waals surface area contributed by atoms with Crippen molar-refractivity contribution in [3.8, 4) is 0 Å². The van der Waals surface area contributed by atoms with Gasteiger partial charge in [0.15, 0.2) is 0 Å². The van der Waals surface area contributed by atoms with E-state index in [9.17, 15) is 4.79 Å². The average Bonchev–Trinajstić information content (AvgIpc) is 3.05. The highest BCUT2D eigenvalue weighted by atomic mass is 35.5. The number of aromatic nitrogens is 1. The van der Waals surface area contributed by atoms with Crippen molar-refractivity contribution in [3.63, 3.8) is 0 Å². The van der Waals surface area contributed by atoms with Crippen LogP contribution in [0.4, 0.5) is 0 Å². The predicted molar refractivity (Wildman–Crippen MR) is 75.2 cm³/mol. The molecule has 0 aromatic carbocycles. The molecule has 1 saturated heterocycles. The van der Waals surface area contributed by atoms with Crippen LogP contribution in [0.2, 0.25) is 0 Å². The summed E-state index contributed by atoms with van der Waals surface area (Å²) in [5.74, 6) is 1.48. The first kappa shape index (κ1) is 16.0. The molecule has 6 heteroatoms. The molecule has 1 unspecified atom stereocenters. The van der Waals surface area contributed by atoms with E-state index in [0.29, 0.717) is 12.4 Å². The third kappa shape index (κ3) is 3.48. The number of rotatable bonds is 5. The third-order valence-electron chi connectivity index (χ3n) is 3.63. The summed E-state index contributed by atoms with van der Waals surface area (Å²) in [6, 6.07) is 0. The number of nitrogens with one attached hydrogen (secondary N) is 2. The Balaban J connectivity index is 0.00000180. The highest BCUT2D eigenvalue weighted by Crippen LogP contribution is 2.23. The van der Waals surface area contributed by atoms with Gasteiger partial charge in [0.25, 0.3) is 0 Å². The lowest BCUT2D eigenvalue weighted by molar-refractivity contribution is -0.127. The van der Waals surface area contributed by atoms with Crippen LogP contribution in [-0.2, 0) is 17.8 Å². The minimum absolute atomic E-state index is 0. The Morgan fingerprint density at radius 1 is 1.58 bits per heavy atom. The molecular weight excluding hydrogens is 266 g/mol. The molecule has 1 aliphatic rings. The van der Waals surface area contributed by atoms with Crippen LogP contribution in [-0.4, -0.2) is 23.0 Å². The van der Waals surface area contributed by atoms with E-state index in [4.69, 9.17) is 4.42 Å². The molecular formula is C13H22ClN3O2. The van der Waals surface area contributed by atoms with E-state index < -0.39 is 0 Å². The summed E-state index contributed by atoms with van der Waals surface area (Å²) in [6.45, 7) is 5.33. The van der Waals surface area contributed by atoms with Gasteiger partial charge in [-0.15, -0.1) is 12.4 Å². The van der Waals surface area contributed by atoms with Crippen LogP contribution in [0.25, 0.3) is 0 Å². The largest absolute Gasteiger partial charge is 0.444 e. The zero-order valence-corrected chi connectivity index (χ0v) is 12.3. The predicted octanol–water partition coefficient (Wildman–Crippen LogP) is 1.81. The first-order valence-electron chi connectivity index (χ1n) is 6.67. The fourth-order valence-electron chi connectivity index (χ4n) is 2.38. The van der Waals surface area contributed by atoms with Gasteiger partial charge in [0, 0.05) is 6.42 Å². The Hall–Kier alpha value is -1.07. The summed E-state index contributed by atoms with van der Waals surface area (Å²) in [6.07, 6.45) is 5.30. The molecule has 0 spiro atoms. The molecule has 1 fully saturated rings. The van der Waals surface area contributed by atoms with Crippen LogP contribution >= 0.6 is 12.4 Å². The van der Waals surface area contributed by atoms with Crippen LogP contribution in [0.1, 0.15) is 44.8 Å². The molecule has 0 bridgehead atoms. The molecule has 1 aliphatic heterocycles. The summed E-state index contributed by atoms with van der Waals surface area (Å²) in [4.78, 5) is 16.3. The summed E-state index contributed by atoms with van der Waals surface area (Å²) >= 11 is 0. The number of oxazole rings is 1. The van der Waals surface area contributed by atoms with Gasteiger partial charge in [-0.2, -0.15) is 0 Å². The second kappa shape index (κ2) is 6.91. The molecule has 19 heavy (non-hydrogen) atoms. The van der Waals surface area contributed by atoms with Crippen molar-refractivity contribution in [1.82, 2.24) is 15.6 Å². The molecule has 108 valence electrons. The Kier molecular flexibility index (Phi) is 5.82. The fraction of sp³-hybridized carbons (Fsp3) is 0.692. The van der Waals surface area contributed by atoms with Crippen molar-refractivity contribution in [1.29, 1.82) is 0 Å². The SMILES string of the molecule is CCc1cnc(CNC(=O)C2(CC)CCCN2)o1.Cl. The molecule has 1 amide bonds. The molecule has 0 saturated carbocycles. The van der Waals surface area contributed by atoms with E-state index in [1.807, 2.05) is 13.8 Å². The lowest BCUT2D eigenvalue weighted by Gasteiger charge is -2.26. The Morgan fingerprint density at radius 2 is 2.37 bits per heavy atom. The van der Waals surface area contributed by atoms with Gasteiger partial charge in [-0.1, -0.05) is 13.8 Å². The van der Waals surface area contributed by atoms with E-state index in [2.05, 4.69) is 15.6 Å². The van der Waals surface area contributed by atoms with Gasteiger partial charge in [-0.25, -0.2) is 4.98 Å². The molecule has 1 aromatic heterocycles. The summed E-state index contributed by atoms with van der Waals surface area (Å²) in [7, 11) is 0. The summed E-state index contributed by atoms with van der Waals surface area (Å²) < 4.78 is 5.47. The monoisotopic (exact) mass is 287 g/mol. The molecule has 2 rings (SSSR count). The Morgan fingerprint density at radius 3 is 2.89 bits per heavy atom. The van der Waals surface area contributed by atoms with Gasteiger partial charge in [0.2, 0.25) is 11.8 Å². The lowest BCUT2D eigenvalue weighted by atomic mass is 9.93. The maximum atomic E-state index is 12.2. The number of halogens is 1. The summed E-state index contributed by atoms with van der Waals surface area (Å²) in [5.41, 5.74) is -0.389. The minimum Gasteiger partial charge on any atom is -0.444 e. The quantitative estimate of drug-likeness (QED) is 0.867. The summed E-state index contributed by atoms with van der Waals surface area (Å²) in [5, 5.41) is 6.22. The number of nitrogens with zero attached hydrogens (tertiary/aromatic N) is 1. The zero-order valence-electron chi connectivity index (χ0n) is 11.5. The number of aryl methyl sites for hydroxylation is 1. The van der Waals surface area contributed by atoms with E-state index >= 15 is 0 Å². The van der Waals surface area contributed by atoms with Gasteiger partial charge >= 0.3 is 0 Å². The molecule has 2 heterocycles. The van der Waals surface area contributed by atoms with Crippen LogP contribution < -0.4 is 10.6 Å².